The molecular formula is C25H20ClN3OS. The minimum absolute atomic E-state index is 0.124. The number of para-hydroxylation sites is 1. The minimum atomic E-state index is -0.870. The van der Waals surface area contributed by atoms with Gasteiger partial charge in [-0.3, -0.25) is 0 Å². The molecule has 0 spiro atoms. The van der Waals surface area contributed by atoms with Gasteiger partial charge in [0.25, 0.3) is 0 Å². The van der Waals surface area contributed by atoms with E-state index in [1.807, 2.05) is 60.7 Å². The van der Waals surface area contributed by atoms with Crippen molar-refractivity contribution in [3.63, 3.8) is 0 Å². The van der Waals surface area contributed by atoms with Gasteiger partial charge in [0.1, 0.15) is 5.82 Å². The van der Waals surface area contributed by atoms with Gasteiger partial charge in [-0.2, -0.15) is 0 Å². The lowest BCUT2D eigenvalue weighted by atomic mass is 9.92. The Hall–Kier alpha value is -2.60. The molecule has 1 aliphatic carbocycles. The number of fused-ring (bicyclic) bond motifs is 10. The van der Waals surface area contributed by atoms with E-state index in [2.05, 4.69) is 11.4 Å². The SMILES string of the molecule is OC12CCC(C1)Nc1nc(nc3ccccc13)-c1c(Cl)cccc1Sc1ccccc12. The van der Waals surface area contributed by atoms with Crippen molar-refractivity contribution in [2.75, 3.05) is 5.32 Å². The fourth-order valence-electron chi connectivity index (χ4n) is 4.75. The molecule has 6 heteroatoms. The lowest BCUT2D eigenvalue weighted by Gasteiger charge is -2.27. The topological polar surface area (TPSA) is 58.0 Å². The van der Waals surface area contributed by atoms with Crippen molar-refractivity contribution in [2.45, 2.75) is 40.7 Å². The van der Waals surface area contributed by atoms with Crippen LogP contribution in [0.5, 0.6) is 0 Å². The summed E-state index contributed by atoms with van der Waals surface area (Å²) in [6, 6.07) is 22.1. The summed E-state index contributed by atoms with van der Waals surface area (Å²) in [5.41, 5.74) is 1.80. The van der Waals surface area contributed by atoms with Crippen molar-refractivity contribution in [3.8, 4) is 11.4 Å². The second-order valence-electron chi connectivity index (χ2n) is 8.24. The number of halogens is 1. The summed E-state index contributed by atoms with van der Waals surface area (Å²) in [5.74, 6) is 1.40. The van der Waals surface area contributed by atoms with Gasteiger partial charge >= 0.3 is 0 Å². The molecule has 154 valence electrons. The first-order chi connectivity index (χ1) is 15.1. The number of nitrogens with one attached hydrogen (secondary N) is 1. The van der Waals surface area contributed by atoms with Crippen LogP contribution in [0, 0.1) is 0 Å². The van der Waals surface area contributed by atoms with Gasteiger partial charge in [-0.15, -0.1) is 0 Å². The monoisotopic (exact) mass is 445 g/mol. The summed E-state index contributed by atoms with van der Waals surface area (Å²) in [6.45, 7) is 0. The van der Waals surface area contributed by atoms with E-state index in [0.29, 0.717) is 23.7 Å². The lowest BCUT2D eigenvalue weighted by Crippen LogP contribution is -2.26. The molecule has 0 radical (unpaired) electrons. The van der Waals surface area contributed by atoms with E-state index in [-0.39, 0.29) is 6.04 Å². The normalized spacial score (nSPS) is 22.1. The summed E-state index contributed by atoms with van der Waals surface area (Å²) in [6.07, 6.45) is 2.22. The van der Waals surface area contributed by atoms with Crippen LogP contribution in [0.1, 0.15) is 24.8 Å². The van der Waals surface area contributed by atoms with Gasteiger partial charge in [-0.25, -0.2) is 9.97 Å². The van der Waals surface area contributed by atoms with Crippen LogP contribution in [0.15, 0.2) is 76.5 Å². The number of rotatable bonds is 0. The van der Waals surface area contributed by atoms with Crippen LogP contribution in [-0.4, -0.2) is 21.1 Å². The van der Waals surface area contributed by atoms with Crippen LogP contribution in [0.3, 0.4) is 0 Å². The Bertz CT molecular complexity index is 1330. The van der Waals surface area contributed by atoms with Gasteiger partial charge in [0, 0.05) is 27.6 Å². The zero-order valence-electron chi connectivity index (χ0n) is 16.7. The molecule has 4 nitrogen and oxygen atoms in total. The molecule has 1 aliphatic heterocycles. The van der Waals surface area contributed by atoms with Crippen LogP contribution < -0.4 is 5.32 Å². The third-order valence-corrected chi connectivity index (χ3v) is 7.69. The Morgan fingerprint density at radius 2 is 1.77 bits per heavy atom. The van der Waals surface area contributed by atoms with Gasteiger partial charge < -0.3 is 10.4 Å². The van der Waals surface area contributed by atoms with Gasteiger partial charge in [0.05, 0.1) is 21.7 Å². The molecule has 1 saturated carbocycles. The maximum atomic E-state index is 11.6. The van der Waals surface area contributed by atoms with E-state index >= 15 is 0 Å². The van der Waals surface area contributed by atoms with Gasteiger partial charge in [-0.1, -0.05) is 59.8 Å². The first-order valence-corrected chi connectivity index (χ1v) is 11.6. The molecule has 4 aromatic rings. The summed E-state index contributed by atoms with van der Waals surface area (Å²) >= 11 is 8.31. The van der Waals surface area contributed by atoms with E-state index < -0.39 is 5.60 Å². The van der Waals surface area contributed by atoms with E-state index in [0.717, 1.165) is 44.1 Å². The first kappa shape index (κ1) is 19.1. The van der Waals surface area contributed by atoms with Crippen LogP contribution in [0.2, 0.25) is 5.02 Å². The van der Waals surface area contributed by atoms with Crippen LogP contribution in [-0.2, 0) is 5.60 Å². The number of anilines is 1. The van der Waals surface area contributed by atoms with Gasteiger partial charge in [-0.05, 0) is 48.7 Å². The maximum Gasteiger partial charge on any atom is 0.164 e. The van der Waals surface area contributed by atoms with Crippen LogP contribution >= 0.6 is 23.4 Å². The van der Waals surface area contributed by atoms with E-state index in [4.69, 9.17) is 21.6 Å². The van der Waals surface area contributed by atoms with Crippen molar-refractivity contribution in [3.05, 3.63) is 77.3 Å². The van der Waals surface area contributed by atoms with E-state index in [1.54, 1.807) is 11.8 Å². The predicted octanol–water partition coefficient (Wildman–Crippen LogP) is 6.27. The van der Waals surface area contributed by atoms with Crippen LogP contribution in [0.25, 0.3) is 22.3 Å². The third kappa shape index (κ3) is 3.19. The molecule has 6 rings (SSSR count). The number of hydrogen-bond acceptors (Lipinski definition) is 5. The molecule has 2 atom stereocenters. The fraction of sp³-hybridized carbons (Fsp3) is 0.200. The highest BCUT2D eigenvalue weighted by Gasteiger charge is 2.41. The molecule has 0 amide bonds. The van der Waals surface area contributed by atoms with Crippen molar-refractivity contribution < 1.29 is 5.11 Å². The molecular weight excluding hydrogens is 426 g/mol. The molecule has 1 aromatic heterocycles. The highest BCUT2D eigenvalue weighted by Crippen LogP contribution is 2.47. The van der Waals surface area contributed by atoms with Crippen molar-refractivity contribution >= 4 is 40.1 Å². The molecule has 2 heterocycles. The average molecular weight is 446 g/mol. The Kier molecular flexibility index (Phi) is 4.46. The summed E-state index contributed by atoms with van der Waals surface area (Å²) in [5, 5.41) is 16.8. The molecule has 31 heavy (non-hydrogen) atoms. The van der Waals surface area contributed by atoms with Crippen molar-refractivity contribution in [2.24, 2.45) is 0 Å². The van der Waals surface area contributed by atoms with Crippen molar-refractivity contribution in [1.82, 2.24) is 9.97 Å². The second kappa shape index (κ2) is 7.23. The Labute approximate surface area is 189 Å². The van der Waals surface area contributed by atoms with Gasteiger partial charge in [0.15, 0.2) is 5.82 Å². The van der Waals surface area contributed by atoms with Crippen molar-refractivity contribution in [1.29, 1.82) is 0 Å². The molecule has 4 bridgehead atoms. The summed E-state index contributed by atoms with van der Waals surface area (Å²) in [4.78, 5) is 11.8. The Balaban J connectivity index is 1.65. The van der Waals surface area contributed by atoms with E-state index in [1.165, 1.54) is 0 Å². The Morgan fingerprint density at radius 3 is 2.71 bits per heavy atom. The Morgan fingerprint density at radius 1 is 0.968 bits per heavy atom. The molecule has 2 unspecified atom stereocenters. The standard InChI is InChI=1S/C25H20ClN3OS/c26-18-8-5-11-21-22(18)24-28-19-9-3-1-6-16(19)23(29-24)27-15-12-13-25(30,14-15)17-7-2-4-10-20(17)31-21/h1-11,15,30H,12-14H2,(H,27,28,29). The highest BCUT2D eigenvalue weighted by atomic mass is 35.5. The molecule has 3 aromatic carbocycles. The first-order valence-electron chi connectivity index (χ1n) is 10.4. The quantitative estimate of drug-likeness (QED) is 0.334. The molecule has 0 saturated heterocycles. The van der Waals surface area contributed by atoms with E-state index in [9.17, 15) is 5.11 Å². The average Bonchev–Trinajstić information content (AvgIpc) is 3.15. The minimum Gasteiger partial charge on any atom is -0.385 e. The smallest absolute Gasteiger partial charge is 0.164 e. The third-order valence-electron chi connectivity index (χ3n) is 6.24. The summed E-state index contributed by atoms with van der Waals surface area (Å²) < 4.78 is 0. The zero-order valence-corrected chi connectivity index (χ0v) is 18.2. The molecule has 1 fully saturated rings. The highest BCUT2D eigenvalue weighted by molar-refractivity contribution is 7.99. The number of benzene rings is 3. The number of aliphatic hydroxyl groups is 1. The lowest BCUT2D eigenvalue weighted by molar-refractivity contribution is 0.0409. The molecule has 2 N–H and O–H groups in total. The van der Waals surface area contributed by atoms with Crippen LogP contribution in [0.4, 0.5) is 5.82 Å². The zero-order chi connectivity index (χ0) is 21.0. The maximum absolute atomic E-state index is 11.6. The molecule has 2 aliphatic rings. The summed E-state index contributed by atoms with van der Waals surface area (Å²) in [7, 11) is 0. The number of hydrogen-bond donors (Lipinski definition) is 2. The number of aromatic nitrogens is 2. The number of nitrogens with zero attached hydrogens (tertiary/aromatic N) is 2. The second-order valence-corrected chi connectivity index (χ2v) is 9.73. The van der Waals surface area contributed by atoms with Gasteiger partial charge in [0.2, 0.25) is 0 Å². The predicted molar refractivity (Wildman–Crippen MR) is 126 cm³/mol. The largest absolute Gasteiger partial charge is 0.385 e. The fourth-order valence-corrected chi connectivity index (χ4v) is 6.27.